The number of carbonyl (C=O) groups excluding carboxylic acids is 1. The third-order valence-corrected chi connectivity index (χ3v) is 2.90. The molecule has 0 saturated carbocycles. The highest BCUT2D eigenvalue weighted by molar-refractivity contribution is 7.08. The summed E-state index contributed by atoms with van der Waals surface area (Å²) < 4.78 is 10.2. The first-order valence-electron chi connectivity index (χ1n) is 5.45. The summed E-state index contributed by atoms with van der Waals surface area (Å²) in [7, 11) is 4.89. The molecule has 0 fully saturated rings. The molecule has 0 saturated heterocycles. The maximum absolute atomic E-state index is 11.7. The standard InChI is InChI=1S/C12H13N3O3S/c1-15(2)6-9(12(16)17-3)11-14-13-10(18-11)8-4-5-19-7-8/h4-7H,1-3H3/b9-6-. The molecule has 0 unspecified atom stereocenters. The number of esters is 1. The molecule has 0 amide bonds. The van der Waals surface area contributed by atoms with Crippen LogP contribution in [0.2, 0.25) is 0 Å². The zero-order chi connectivity index (χ0) is 13.8. The van der Waals surface area contributed by atoms with E-state index in [9.17, 15) is 4.79 Å². The van der Waals surface area contributed by atoms with Gasteiger partial charge in [-0.2, -0.15) is 11.3 Å². The number of aromatic nitrogens is 2. The summed E-state index contributed by atoms with van der Waals surface area (Å²) in [6, 6.07) is 1.87. The number of nitrogens with zero attached hydrogens (tertiary/aromatic N) is 3. The Kier molecular flexibility index (Phi) is 3.96. The normalized spacial score (nSPS) is 11.4. The lowest BCUT2D eigenvalue weighted by atomic mass is 10.3. The summed E-state index contributed by atoms with van der Waals surface area (Å²) in [5, 5.41) is 11.6. The Hall–Kier alpha value is -2.15. The van der Waals surface area contributed by atoms with E-state index in [0.717, 1.165) is 5.56 Å². The number of hydrogen-bond donors (Lipinski definition) is 0. The van der Waals surface area contributed by atoms with Gasteiger partial charge in [0, 0.05) is 31.2 Å². The van der Waals surface area contributed by atoms with Crippen LogP contribution in [0.25, 0.3) is 17.0 Å². The number of methoxy groups -OCH3 is 1. The van der Waals surface area contributed by atoms with Crippen molar-refractivity contribution in [3.8, 4) is 11.5 Å². The van der Waals surface area contributed by atoms with Crippen LogP contribution in [0, 0.1) is 0 Å². The van der Waals surface area contributed by atoms with Gasteiger partial charge in [0.2, 0.25) is 5.89 Å². The Balaban J connectivity index is 2.36. The third kappa shape index (κ3) is 3.00. The molecule has 0 spiro atoms. The van der Waals surface area contributed by atoms with E-state index in [1.54, 1.807) is 25.2 Å². The van der Waals surface area contributed by atoms with Crippen LogP contribution < -0.4 is 0 Å². The van der Waals surface area contributed by atoms with Crippen LogP contribution in [0.15, 0.2) is 27.4 Å². The quantitative estimate of drug-likeness (QED) is 0.628. The molecule has 19 heavy (non-hydrogen) atoms. The smallest absolute Gasteiger partial charge is 0.344 e. The van der Waals surface area contributed by atoms with Gasteiger partial charge in [-0.1, -0.05) is 0 Å². The molecule has 6 nitrogen and oxygen atoms in total. The van der Waals surface area contributed by atoms with E-state index in [2.05, 4.69) is 10.2 Å². The second-order valence-electron chi connectivity index (χ2n) is 3.92. The summed E-state index contributed by atoms with van der Waals surface area (Å²) in [5.74, 6) is 0.000720. The van der Waals surface area contributed by atoms with Crippen molar-refractivity contribution in [2.24, 2.45) is 0 Å². The molecule has 0 radical (unpaired) electrons. The van der Waals surface area contributed by atoms with Gasteiger partial charge in [-0.05, 0) is 11.4 Å². The summed E-state index contributed by atoms with van der Waals surface area (Å²) in [6.45, 7) is 0. The van der Waals surface area contributed by atoms with Crippen molar-refractivity contribution in [2.45, 2.75) is 0 Å². The highest BCUT2D eigenvalue weighted by Crippen LogP contribution is 2.23. The summed E-state index contributed by atoms with van der Waals surface area (Å²) in [6.07, 6.45) is 1.58. The Morgan fingerprint density at radius 1 is 1.47 bits per heavy atom. The fraction of sp³-hybridized carbons (Fsp3) is 0.250. The second-order valence-corrected chi connectivity index (χ2v) is 4.70. The van der Waals surface area contributed by atoms with Crippen LogP contribution in [0.1, 0.15) is 5.89 Å². The Labute approximate surface area is 114 Å². The van der Waals surface area contributed by atoms with Gasteiger partial charge >= 0.3 is 5.97 Å². The predicted molar refractivity (Wildman–Crippen MR) is 71.3 cm³/mol. The van der Waals surface area contributed by atoms with Crippen LogP contribution in [-0.2, 0) is 9.53 Å². The first kappa shape index (κ1) is 13.3. The number of hydrogen-bond acceptors (Lipinski definition) is 7. The fourth-order valence-electron chi connectivity index (χ4n) is 1.40. The van der Waals surface area contributed by atoms with E-state index in [1.807, 2.05) is 16.8 Å². The van der Waals surface area contributed by atoms with E-state index < -0.39 is 5.97 Å². The minimum atomic E-state index is -0.519. The number of thiophene rings is 1. The van der Waals surface area contributed by atoms with E-state index in [0.29, 0.717) is 5.89 Å². The van der Waals surface area contributed by atoms with E-state index >= 15 is 0 Å². The van der Waals surface area contributed by atoms with Crippen molar-refractivity contribution >= 4 is 22.9 Å². The lowest BCUT2D eigenvalue weighted by Gasteiger charge is -2.07. The molecule has 0 N–H and O–H groups in total. The molecule has 2 rings (SSSR count). The monoisotopic (exact) mass is 279 g/mol. The van der Waals surface area contributed by atoms with Crippen molar-refractivity contribution in [3.05, 3.63) is 28.9 Å². The van der Waals surface area contributed by atoms with E-state index in [4.69, 9.17) is 9.15 Å². The van der Waals surface area contributed by atoms with Crippen LogP contribution >= 0.6 is 11.3 Å². The maximum atomic E-state index is 11.7. The Morgan fingerprint density at radius 2 is 2.26 bits per heavy atom. The Morgan fingerprint density at radius 3 is 2.84 bits per heavy atom. The number of carbonyl (C=O) groups is 1. The second kappa shape index (κ2) is 5.66. The van der Waals surface area contributed by atoms with Crippen molar-refractivity contribution in [3.63, 3.8) is 0 Å². The first-order chi connectivity index (χ1) is 9.11. The predicted octanol–water partition coefficient (Wildman–Crippen LogP) is 1.87. The van der Waals surface area contributed by atoms with Gasteiger partial charge in [0.15, 0.2) is 0 Å². The molecule has 0 aliphatic rings. The molecular weight excluding hydrogens is 266 g/mol. The van der Waals surface area contributed by atoms with E-state index in [-0.39, 0.29) is 11.5 Å². The lowest BCUT2D eigenvalue weighted by molar-refractivity contribution is -0.133. The maximum Gasteiger partial charge on any atom is 0.344 e. The molecule has 0 atom stereocenters. The zero-order valence-electron chi connectivity index (χ0n) is 10.8. The minimum absolute atomic E-state index is 0.141. The molecule has 2 heterocycles. The topological polar surface area (TPSA) is 68.5 Å². The summed E-state index contributed by atoms with van der Waals surface area (Å²) in [4.78, 5) is 13.4. The molecule has 2 aromatic rings. The van der Waals surface area contributed by atoms with Gasteiger partial charge in [-0.15, -0.1) is 10.2 Å². The molecular formula is C12H13N3O3S. The van der Waals surface area contributed by atoms with Gasteiger partial charge < -0.3 is 14.1 Å². The fourth-order valence-corrected chi connectivity index (χ4v) is 2.03. The SMILES string of the molecule is COC(=O)/C(=C\N(C)C)c1nnc(-c2ccsc2)o1. The lowest BCUT2D eigenvalue weighted by Crippen LogP contribution is -2.10. The molecule has 0 bridgehead atoms. The van der Waals surface area contributed by atoms with Gasteiger partial charge in [-0.3, -0.25) is 0 Å². The average molecular weight is 279 g/mol. The average Bonchev–Trinajstić information content (AvgIpc) is 3.04. The third-order valence-electron chi connectivity index (χ3n) is 2.22. The molecule has 0 aliphatic heterocycles. The van der Waals surface area contributed by atoms with Gasteiger partial charge in [-0.25, -0.2) is 4.79 Å². The zero-order valence-corrected chi connectivity index (χ0v) is 11.6. The van der Waals surface area contributed by atoms with Crippen LogP contribution in [0.3, 0.4) is 0 Å². The van der Waals surface area contributed by atoms with Crippen molar-refractivity contribution < 1.29 is 13.9 Å². The van der Waals surface area contributed by atoms with Crippen molar-refractivity contribution in [2.75, 3.05) is 21.2 Å². The minimum Gasteiger partial charge on any atom is -0.465 e. The first-order valence-corrected chi connectivity index (χ1v) is 6.39. The van der Waals surface area contributed by atoms with E-state index in [1.165, 1.54) is 18.4 Å². The van der Waals surface area contributed by atoms with Crippen LogP contribution in [-0.4, -0.2) is 42.3 Å². The van der Waals surface area contributed by atoms with Crippen molar-refractivity contribution in [1.29, 1.82) is 0 Å². The van der Waals surface area contributed by atoms with Crippen LogP contribution in [0.5, 0.6) is 0 Å². The summed E-state index contributed by atoms with van der Waals surface area (Å²) >= 11 is 1.53. The molecule has 0 aliphatic carbocycles. The highest BCUT2D eigenvalue weighted by atomic mass is 32.1. The Bertz CT molecular complexity index is 587. The van der Waals surface area contributed by atoms with Crippen molar-refractivity contribution in [1.82, 2.24) is 15.1 Å². The molecule has 2 aromatic heterocycles. The largest absolute Gasteiger partial charge is 0.465 e. The highest BCUT2D eigenvalue weighted by Gasteiger charge is 2.20. The van der Waals surface area contributed by atoms with Gasteiger partial charge in [0.1, 0.15) is 5.57 Å². The molecule has 0 aromatic carbocycles. The van der Waals surface area contributed by atoms with Crippen LogP contribution in [0.4, 0.5) is 0 Å². The molecule has 7 heteroatoms. The van der Waals surface area contributed by atoms with Gasteiger partial charge in [0.05, 0.1) is 7.11 Å². The summed E-state index contributed by atoms with van der Waals surface area (Å²) in [5.41, 5.74) is 1.05. The van der Waals surface area contributed by atoms with Gasteiger partial charge in [0.25, 0.3) is 5.89 Å². The number of ether oxygens (including phenoxy) is 1. The molecule has 100 valence electrons. The number of rotatable bonds is 4.